The molecule has 0 atom stereocenters. The van der Waals surface area contributed by atoms with Crippen LogP contribution >= 0.6 is 0 Å². The largest absolute Gasteiger partial charge is 0.494 e. The van der Waals surface area contributed by atoms with Gasteiger partial charge in [-0.1, -0.05) is 0 Å². The van der Waals surface area contributed by atoms with Gasteiger partial charge >= 0.3 is 5.69 Å². The summed E-state index contributed by atoms with van der Waals surface area (Å²) in [5.74, 6) is -0.399. The molecule has 0 aliphatic heterocycles. The number of hydrogen-bond donors (Lipinski definition) is 1. The second-order valence-electron chi connectivity index (χ2n) is 4.04. The minimum atomic E-state index is -0.588. The van der Waals surface area contributed by atoms with Crippen LogP contribution in [0, 0.1) is 0 Å². The third kappa shape index (κ3) is 2.35. The quantitative estimate of drug-likeness (QED) is 0.789. The number of aromatic hydroxyl groups is 1. The Balaban J connectivity index is 2.38. The summed E-state index contributed by atoms with van der Waals surface area (Å²) in [4.78, 5) is 27.4. The fourth-order valence-corrected chi connectivity index (χ4v) is 1.60. The zero-order chi connectivity index (χ0) is 14.0. The molecule has 0 bridgehead atoms. The summed E-state index contributed by atoms with van der Waals surface area (Å²) in [5, 5.41) is 9.78. The number of nitrogens with zero attached hydrogens (tertiary/aromatic N) is 3. The van der Waals surface area contributed by atoms with Gasteiger partial charge in [-0.2, -0.15) is 0 Å². The van der Waals surface area contributed by atoms with E-state index in [1.54, 1.807) is 6.07 Å². The van der Waals surface area contributed by atoms with E-state index in [1.807, 2.05) is 0 Å². The standard InChI is InChI=1S/C12H13N3O4/c1-14-10(16)9(11(17)15(2)12(14)18)6-13-5-8-3-4-19-7-8/h3-4,6-7,16H,5H2,1-2H3. The average Bonchev–Trinajstić information content (AvgIpc) is 2.91. The fourth-order valence-electron chi connectivity index (χ4n) is 1.60. The highest BCUT2D eigenvalue weighted by atomic mass is 16.3. The highest BCUT2D eigenvalue weighted by molar-refractivity contribution is 5.81. The molecule has 0 aliphatic carbocycles. The summed E-state index contributed by atoms with van der Waals surface area (Å²) in [6.07, 6.45) is 4.31. The lowest BCUT2D eigenvalue weighted by molar-refractivity contribution is 0.410. The van der Waals surface area contributed by atoms with E-state index in [-0.39, 0.29) is 5.56 Å². The molecular weight excluding hydrogens is 250 g/mol. The predicted octanol–water partition coefficient (Wildman–Crippen LogP) is 0.00170. The molecule has 0 spiro atoms. The Morgan fingerprint density at radius 3 is 2.74 bits per heavy atom. The third-order valence-electron chi connectivity index (χ3n) is 2.74. The zero-order valence-corrected chi connectivity index (χ0v) is 10.5. The third-order valence-corrected chi connectivity index (χ3v) is 2.74. The molecule has 2 rings (SSSR count). The lowest BCUT2D eigenvalue weighted by Gasteiger charge is -2.06. The molecule has 0 saturated heterocycles. The molecule has 0 fully saturated rings. The van der Waals surface area contributed by atoms with E-state index in [0.717, 1.165) is 14.7 Å². The van der Waals surface area contributed by atoms with Crippen molar-refractivity contribution in [1.82, 2.24) is 9.13 Å². The first kappa shape index (κ1) is 12.9. The maximum atomic E-state index is 11.8. The second-order valence-corrected chi connectivity index (χ2v) is 4.04. The summed E-state index contributed by atoms with van der Waals surface area (Å²) in [5.41, 5.74) is -0.350. The molecule has 2 aromatic heterocycles. The molecule has 2 heterocycles. The van der Waals surface area contributed by atoms with Crippen molar-refractivity contribution in [3.05, 3.63) is 50.6 Å². The van der Waals surface area contributed by atoms with Gasteiger partial charge in [-0.15, -0.1) is 0 Å². The van der Waals surface area contributed by atoms with Gasteiger partial charge in [-0.3, -0.25) is 18.9 Å². The number of hydrogen-bond acceptors (Lipinski definition) is 5. The van der Waals surface area contributed by atoms with Crippen LogP contribution in [0.4, 0.5) is 0 Å². The van der Waals surface area contributed by atoms with Crippen molar-refractivity contribution in [2.45, 2.75) is 6.54 Å². The van der Waals surface area contributed by atoms with Gasteiger partial charge in [0.1, 0.15) is 5.56 Å². The predicted molar refractivity (Wildman–Crippen MR) is 68.6 cm³/mol. The first-order valence-corrected chi connectivity index (χ1v) is 5.52. The van der Waals surface area contributed by atoms with Crippen LogP contribution in [0.2, 0.25) is 0 Å². The molecule has 0 radical (unpaired) electrons. The van der Waals surface area contributed by atoms with Crippen LogP contribution in [-0.4, -0.2) is 20.5 Å². The van der Waals surface area contributed by atoms with Gasteiger partial charge in [0, 0.05) is 25.9 Å². The lowest BCUT2D eigenvalue weighted by Crippen LogP contribution is -2.38. The molecule has 1 N–H and O–H groups in total. The fraction of sp³-hybridized carbons (Fsp3) is 0.250. The van der Waals surface area contributed by atoms with Crippen LogP contribution in [0.5, 0.6) is 5.88 Å². The van der Waals surface area contributed by atoms with Crippen molar-refractivity contribution in [2.75, 3.05) is 0 Å². The van der Waals surface area contributed by atoms with Crippen LogP contribution in [0.15, 0.2) is 37.6 Å². The van der Waals surface area contributed by atoms with Gasteiger partial charge in [0.25, 0.3) is 5.56 Å². The number of rotatable bonds is 3. The monoisotopic (exact) mass is 263 g/mol. The minimum absolute atomic E-state index is 0.0203. The molecule has 19 heavy (non-hydrogen) atoms. The molecule has 100 valence electrons. The van der Waals surface area contributed by atoms with Gasteiger partial charge in [-0.05, 0) is 6.07 Å². The average molecular weight is 263 g/mol. The molecule has 0 aromatic carbocycles. The van der Waals surface area contributed by atoms with Crippen molar-refractivity contribution in [3.63, 3.8) is 0 Å². The van der Waals surface area contributed by atoms with Crippen LogP contribution in [-0.2, 0) is 20.6 Å². The van der Waals surface area contributed by atoms with Crippen molar-refractivity contribution in [3.8, 4) is 5.88 Å². The van der Waals surface area contributed by atoms with E-state index in [9.17, 15) is 14.7 Å². The second kappa shape index (κ2) is 4.97. The topological polar surface area (TPSA) is 89.7 Å². The summed E-state index contributed by atoms with van der Waals surface area (Å²) in [7, 11) is 2.72. The SMILES string of the molecule is Cn1c(O)c(C=NCc2ccoc2)c(=O)n(C)c1=O. The Labute approximate surface area is 108 Å². The highest BCUT2D eigenvalue weighted by Gasteiger charge is 2.12. The molecule has 0 unspecified atom stereocenters. The van der Waals surface area contributed by atoms with Gasteiger partial charge in [0.05, 0.1) is 19.1 Å². The van der Waals surface area contributed by atoms with Crippen LogP contribution < -0.4 is 11.2 Å². The Morgan fingerprint density at radius 1 is 1.37 bits per heavy atom. The smallest absolute Gasteiger partial charge is 0.333 e. The molecule has 7 nitrogen and oxygen atoms in total. The first-order chi connectivity index (χ1) is 9.02. The Bertz CT molecular complexity index is 723. The van der Waals surface area contributed by atoms with Gasteiger partial charge in [-0.25, -0.2) is 4.79 Å². The van der Waals surface area contributed by atoms with Crippen molar-refractivity contribution in [1.29, 1.82) is 0 Å². The van der Waals surface area contributed by atoms with Gasteiger partial charge in [0.15, 0.2) is 0 Å². The number of furan rings is 1. The number of aliphatic imine (C=N–C) groups is 1. The Hall–Kier alpha value is -2.57. The molecule has 2 aromatic rings. The van der Waals surface area contributed by atoms with E-state index >= 15 is 0 Å². The van der Waals surface area contributed by atoms with Gasteiger partial charge < -0.3 is 9.52 Å². The number of aromatic nitrogens is 2. The van der Waals surface area contributed by atoms with E-state index < -0.39 is 17.1 Å². The zero-order valence-electron chi connectivity index (χ0n) is 10.5. The van der Waals surface area contributed by atoms with Gasteiger partial charge in [0.2, 0.25) is 5.88 Å². The van der Waals surface area contributed by atoms with Crippen molar-refractivity contribution < 1.29 is 9.52 Å². The maximum Gasteiger partial charge on any atom is 0.333 e. The molecule has 0 amide bonds. The summed E-state index contributed by atoms with van der Waals surface area (Å²) < 4.78 is 6.79. The molecular formula is C12H13N3O4. The van der Waals surface area contributed by atoms with Crippen molar-refractivity contribution in [2.24, 2.45) is 19.1 Å². The van der Waals surface area contributed by atoms with E-state index in [1.165, 1.54) is 32.8 Å². The minimum Gasteiger partial charge on any atom is -0.494 e. The maximum absolute atomic E-state index is 11.8. The summed E-state index contributed by atoms with van der Waals surface area (Å²) in [6.45, 7) is 0.321. The summed E-state index contributed by atoms with van der Waals surface area (Å²) >= 11 is 0. The molecule has 0 saturated carbocycles. The van der Waals surface area contributed by atoms with Crippen LogP contribution in [0.1, 0.15) is 11.1 Å². The Morgan fingerprint density at radius 2 is 2.11 bits per heavy atom. The van der Waals surface area contributed by atoms with E-state index in [0.29, 0.717) is 6.54 Å². The first-order valence-electron chi connectivity index (χ1n) is 5.52. The van der Waals surface area contributed by atoms with Crippen LogP contribution in [0.3, 0.4) is 0 Å². The molecule has 0 aliphatic rings. The molecule has 7 heteroatoms. The lowest BCUT2D eigenvalue weighted by atomic mass is 10.3. The Kier molecular flexibility index (Phi) is 3.37. The summed E-state index contributed by atoms with van der Waals surface area (Å²) in [6, 6.07) is 1.75. The van der Waals surface area contributed by atoms with E-state index in [4.69, 9.17) is 4.42 Å². The highest BCUT2D eigenvalue weighted by Crippen LogP contribution is 2.07. The van der Waals surface area contributed by atoms with Crippen LogP contribution in [0.25, 0.3) is 0 Å². The van der Waals surface area contributed by atoms with Crippen molar-refractivity contribution >= 4 is 6.21 Å². The normalized spacial score (nSPS) is 11.3. The van der Waals surface area contributed by atoms with E-state index in [2.05, 4.69) is 4.99 Å².